The number of carbonyl (C=O) groups excluding carboxylic acids is 1. The molecule has 5 nitrogen and oxygen atoms in total. The van der Waals surface area contributed by atoms with Crippen molar-refractivity contribution in [2.45, 2.75) is 31.2 Å². The van der Waals surface area contributed by atoms with Crippen LogP contribution >= 0.6 is 0 Å². The molecule has 1 amide bonds. The molecule has 2 N–H and O–H groups in total. The van der Waals surface area contributed by atoms with Crippen LogP contribution in [0.15, 0.2) is 59.5 Å². The largest absolute Gasteiger partial charge is 0.322 e. The van der Waals surface area contributed by atoms with Crippen LogP contribution in [0.25, 0.3) is 0 Å². The number of carbonyl (C=O) groups is 1. The Morgan fingerprint density at radius 3 is 2.22 bits per heavy atom. The topological polar surface area (TPSA) is 75.3 Å². The molecule has 122 valence electrons. The summed E-state index contributed by atoms with van der Waals surface area (Å²) in [4.78, 5) is 12.2. The minimum absolute atomic E-state index is 0.127. The molecule has 0 aliphatic heterocycles. The SMILES string of the molecule is CCC(C)NS(=O)(=O)c1ccc(NC(=O)c2ccccc2)cc1. The van der Waals surface area contributed by atoms with Crippen molar-refractivity contribution in [1.29, 1.82) is 0 Å². The third kappa shape index (κ3) is 4.64. The number of sulfonamides is 1. The monoisotopic (exact) mass is 332 g/mol. The maximum Gasteiger partial charge on any atom is 0.255 e. The summed E-state index contributed by atoms with van der Waals surface area (Å²) in [6.07, 6.45) is 0.713. The van der Waals surface area contributed by atoms with Crippen LogP contribution in [-0.2, 0) is 10.0 Å². The van der Waals surface area contributed by atoms with Gasteiger partial charge in [0.1, 0.15) is 0 Å². The first-order valence-corrected chi connectivity index (χ1v) is 8.89. The van der Waals surface area contributed by atoms with E-state index >= 15 is 0 Å². The van der Waals surface area contributed by atoms with Crippen LogP contribution in [0.1, 0.15) is 30.6 Å². The lowest BCUT2D eigenvalue weighted by atomic mass is 10.2. The second-order valence-corrected chi connectivity index (χ2v) is 6.99. The van der Waals surface area contributed by atoms with E-state index < -0.39 is 10.0 Å². The van der Waals surface area contributed by atoms with Gasteiger partial charge in [0, 0.05) is 17.3 Å². The third-order valence-corrected chi connectivity index (χ3v) is 5.03. The Balaban J connectivity index is 2.09. The van der Waals surface area contributed by atoms with Crippen molar-refractivity contribution in [1.82, 2.24) is 4.72 Å². The average molecular weight is 332 g/mol. The summed E-state index contributed by atoms with van der Waals surface area (Å²) in [7, 11) is -3.53. The van der Waals surface area contributed by atoms with Crippen molar-refractivity contribution in [3.8, 4) is 0 Å². The highest BCUT2D eigenvalue weighted by atomic mass is 32.2. The van der Waals surface area contributed by atoms with Gasteiger partial charge in [-0.15, -0.1) is 0 Å². The Morgan fingerprint density at radius 2 is 1.65 bits per heavy atom. The van der Waals surface area contributed by atoms with Crippen molar-refractivity contribution in [3.05, 3.63) is 60.2 Å². The first-order valence-electron chi connectivity index (χ1n) is 7.41. The van der Waals surface area contributed by atoms with Gasteiger partial charge < -0.3 is 5.32 Å². The summed E-state index contributed by atoms with van der Waals surface area (Å²) in [6, 6.07) is 14.8. The van der Waals surface area contributed by atoms with E-state index in [1.807, 2.05) is 19.9 Å². The molecule has 0 aliphatic rings. The molecule has 0 heterocycles. The molecular formula is C17H20N2O3S. The van der Waals surface area contributed by atoms with Crippen molar-refractivity contribution in [2.75, 3.05) is 5.32 Å². The van der Waals surface area contributed by atoms with Gasteiger partial charge in [0.25, 0.3) is 5.91 Å². The van der Waals surface area contributed by atoms with Gasteiger partial charge in [0.2, 0.25) is 10.0 Å². The zero-order valence-corrected chi connectivity index (χ0v) is 13.9. The van der Waals surface area contributed by atoms with Crippen LogP contribution in [0.3, 0.4) is 0 Å². The Kier molecular flexibility index (Phi) is 5.52. The number of anilines is 1. The van der Waals surface area contributed by atoms with Crippen LogP contribution < -0.4 is 10.0 Å². The lowest BCUT2D eigenvalue weighted by Crippen LogP contribution is -2.31. The van der Waals surface area contributed by atoms with Gasteiger partial charge in [0.15, 0.2) is 0 Å². The molecule has 1 unspecified atom stereocenters. The lowest BCUT2D eigenvalue weighted by molar-refractivity contribution is 0.102. The standard InChI is InChI=1S/C17H20N2O3S/c1-3-13(2)19-23(21,22)16-11-9-15(10-12-16)18-17(20)14-7-5-4-6-8-14/h4-13,19H,3H2,1-2H3,(H,18,20). The highest BCUT2D eigenvalue weighted by Gasteiger charge is 2.16. The molecule has 2 aromatic rings. The zero-order chi connectivity index (χ0) is 16.9. The molecule has 1 atom stereocenters. The number of nitrogens with one attached hydrogen (secondary N) is 2. The minimum atomic E-state index is -3.53. The van der Waals surface area contributed by atoms with Crippen LogP contribution in [0.2, 0.25) is 0 Å². The maximum absolute atomic E-state index is 12.2. The van der Waals surface area contributed by atoms with E-state index in [1.54, 1.807) is 36.4 Å². The second-order valence-electron chi connectivity index (χ2n) is 5.28. The molecule has 0 aliphatic carbocycles. The average Bonchev–Trinajstić information content (AvgIpc) is 2.55. The summed E-state index contributed by atoms with van der Waals surface area (Å²) in [5.74, 6) is -0.237. The van der Waals surface area contributed by atoms with Crippen LogP contribution in [0, 0.1) is 0 Å². The molecule has 0 saturated carbocycles. The van der Waals surface area contributed by atoms with Crippen LogP contribution in [0.5, 0.6) is 0 Å². The van der Waals surface area contributed by atoms with E-state index in [4.69, 9.17) is 0 Å². The smallest absolute Gasteiger partial charge is 0.255 e. The lowest BCUT2D eigenvalue weighted by Gasteiger charge is -2.12. The number of rotatable bonds is 6. The predicted molar refractivity (Wildman–Crippen MR) is 90.9 cm³/mol. The number of benzene rings is 2. The van der Waals surface area contributed by atoms with Crippen LogP contribution in [0.4, 0.5) is 5.69 Å². The van der Waals surface area contributed by atoms with Gasteiger partial charge in [-0.1, -0.05) is 25.1 Å². The van der Waals surface area contributed by atoms with Gasteiger partial charge in [0.05, 0.1) is 4.90 Å². The quantitative estimate of drug-likeness (QED) is 0.854. The summed E-state index contributed by atoms with van der Waals surface area (Å²) < 4.78 is 26.9. The van der Waals surface area contributed by atoms with Crippen LogP contribution in [-0.4, -0.2) is 20.4 Å². The highest BCUT2D eigenvalue weighted by Crippen LogP contribution is 2.15. The fraction of sp³-hybridized carbons (Fsp3) is 0.235. The molecule has 2 aromatic carbocycles. The molecule has 0 saturated heterocycles. The predicted octanol–water partition coefficient (Wildman–Crippen LogP) is 3.02. The molecule has 0 fully saturated rings. The molecule has 0 radical (unpaired) electrons. The summed E-state index contributed by atoms with van der Waals surface area (Å²) in [5.41, 5.74) is 1.09. The van der Waals surface area contributed by atoms with Gasteiger partial charge in [-0.3, -0.25) is 4.79 Å². The molecule has 23 heavy (non-hydrogen) atoms. The first-order chi connectivity index (χ1) is 10.9. The van der Waals surface area contributed by atoms with E-state index in [0.29, 0.717) is 17.7 Å². The Labute approximate surface area is 136 Å². The summed E-state index contributed by atoms with van der Waals surface area (Å²) >= 11 is 0. The van der Waals surface area contributed by atoms with Gasteiger partial charge in [-0.25, -0.2) is 13.1 Å². The Bertz CT molecular complexity index is 756. The molecule has 2 rings (SSSR count). The van der Waals surface area contributed by atoms with E-state index in [9.17, 15) is 13.2 Å². The van der Waals surface area contributed by atoms with E-state index in [0.717, 1.165) is 0 Å². The number of hydrogen-bond donors (Lipinski definition) is 2. The van der Waals surface area contributed by atoms with E-state index in [1.165, 1.54) is 12.1 Å². The summed E-state index contributed by atoms with van der Waals surface area (Å²) in [6.45, 7) is 3.72. The van der Waals surface area contributed by atoms with Gasteiger partial charge >= 0.3 is 0 Å². The van der Waals surface area contributed by atoms with Crippen molar-refractivity contribution in [3.63, 3.8) is 0 Å². The molecule has 0 bridgehead atoms. The van der Waals surface area contributed by atoms with E-state index in [2.05, 4.69) is 10.0 Å². The Morgan fingerprint density at radius 1 is 1.04 bits per heavy atom. The molecule has 0 spiro atoms. The summed E-state index contributed by atoms with van der Waals surface area (Å²) in [5, 5.41) is 2.73. The fourth-order valence-corrected chi connectivity index (χ4v) is 3.25. The molecule has 0 aromatic heterocycles. The van der Waals surface area contributed by atoms with Crippen molar-refractivity contribution < 1.29 is 13.2 Å². The molecular weight excluding hydrogens is 312 g/mol. The van der Waals surface area contributed by atoms with Gasteiger partial charge in [-0.05, 0) is 49.7 Å². The zero-order valence-electron chi connectivity index (χ0n) is 13.1. The van der Waals surface area contributed by atoms with Gasteiger partial charge in [-0.2, -0.15) is 0 Å². The third-order valence-electron chi connectivity index (χ3n) is 3.43. The first kappa shape index (κ1) is 17.2. The Hall–Kier alpha value is -2.18. The van der Waals surface area contributed by atoms with Crippen molar-refractivity contribution in [2.24, 2.45) is 0 Å². The van der Waals surface area contributed by atoms with E-state index in [-0.39, 0.29) is 16.8 Å². The maximum atomic E-state index is 12.2. The highest BCUT2D eigenvalue weighted by molar-refractivity contribution is 7.89. The minimum Gasteiger partial charge on any atom is -0.322 e. The number of hydrogen-bond acceptors (Lipinski definition) is 3. The fourth-order valence-electron chi connectivity index (χ4n) is 1.93. The second kappa shape index (κ2) is 7.39. The normalized spacial score (nSPS) is 12.6. The number of amides is 1. The van der Waals surface area contributed by atoms with Crippen molar-refractivity contribution >= 4 is 21.6 Å². The molecule has 6 heteroatoms.